The van der Waals surface area contributed by atoms with Crippen LogP contribution in [0, 0.1) is 13.8 Å². The number of hydrogen-bond acceptors (Lipinski definition) is 6. The molecular formula is C18H16O6. The van der Waals surface area contributed by atoms with Gasteiger partial charge in [-0.3, -0.25) is 0 Å². The van der Waals surface area contributed by atoms with E-state index in [9.17, 15) is 9.59 Å². The lowest BCUT2D eigenvalue weighted by molar-refractivity contribution is 0.0409. The maximum atomic E-state index is 12.2. The summed E-state index contributed by atoms with van der Waals surface area (Å²) in [4.78, 5) is 23.8. The Balaban J connectivity index is 1.75. The number of carbonyl (C=O) groups excluding carboxylic acids is 2. The maximum absolute atomic E-state index is 12.2. The number of carbonyl (C=O) groups is 2. The second-order valence-electron chi connectivity index (χ2n) is 5.30. The minimum atomic E-state index is -0.586. The summed E-state index contributed by atoms with van der Waals surface area (Å²) in [6.07, 6.45) is 0. The smallest absolute Gasteiger partial charge is 0.375 e. The normalized spacial score (nSPS) is 10.8. The molecule has 0 bridgehead atoms. The molecule has 3 rings (SSSR count). The van der Waals surface area contributed by atoms with E-state index in [0.29, 0.717) is 22.7 Å². The van der Waals surface area contributed by atoms with Crippen molar-refractivity contribution in [3.63, 3.8) is 0 Å². The summed E-state index contributed by atoms with van der Waals surface area (Å²) in [5.74, 6) is -0.158. The van der Waals surface area contributed by atoms with Crippen LogP contribution in [0.3, 0.4) is 0 Å². The molecule has 0 N–H and O–H groups in total. The minimum Gasteiger partial charge on any atom is -0.465 e. The number of fused-ring (bicyclic) bond motifs is 1. The van der Waals surface area contributed by atoms with Gasteiger partial charge in [0.15, 0.2) is 0 Å². The van der Waals surface area contributed by atoms with E-state index in [1.165, 1.54) is 13.2 Å². The van der Waals surface area contributed by atoms with E-state index in [1.807, 2.05) is 18.2 Å². The molecular weight excluding hydrogens is 312 g/mol. The molecule has 0 saturated carbocycles. The van der Waals surface area contributed by atoms with Crippen molar-refractivity contribution in [2.45, 2.75) is 20.5 Å². The van der Waals surface area contributed by atoms with Crippen molar-refractivity contribution in [3.8, 4) is 0 Å². The predicted octanol–water partition coefficient (Wildman–Crippen LogP) is 3.79. The Bertz CT molecular complexity index is 915. The second-order valence-corrected chi connectivity index (χ2v) is 5.30. The van der Waals surface area contributed by atoms with E-state index in [4.69, 9.17) is 13.6 Å². The third-order valence-electron chi connectivity index (χ3n) is 3.75. The number of esters is 2. The van der Waals surface area contributed by atoms with Crippen molar-refractivity contribution in [3.05, 3.63) is 58.7 Å². The lowest BCUT2D eigenvalue weighted by Crippen LogP contribution is -2.05. The summed E-state index contributed by atoms with van der Waals surface area (Å²) in [5, 5.41) is 0.867. The molecule has 0 saturated heterocycles. The molecule has 0 radical (unpaired) electrons. The Kier molecular flexibility index (Phi) is 4.12. The number of rotatable bonds is 4. The summed E-state index contributed by atoms with van der Waals surface area (Å²) in [6.45, 7) is 3.34. The van der Waals surface area contributed by atoms with E-state index in [2.05, 4.69) is 4.74 Å². The number of ether oxygens (including phenoxy) is 2. The fourth-order valence-electron chi connectivity index (χ4n) is 2.50. The summed E-state index contributed by atoms with van der Waals surface area (Å²) < 4.78 is 20.8. The molecule has 6 nitrogen and oxygen atoms in total. The van der Waals surface area contributed by atoms with Crippen LogP contribution in [0.5, 0.6) is 0 Å². The first-order chi connectivity index (χ1) is 11.5. The average Bonchev–Trinajstić information content (AvgIpc) is 3.13. The molecule has 2 aromatic heterocycles. The number of benzene rings is 1. The van der Waals surface area contributed by atoms with Gasteiger partial charge in [0.2, 0.25) is 5.76 Å². The Morgan fingerprint density at radius 3 is 2.54 bits per heavy atom. The Labute approximate surface area is 137 Å². The fourth-order valence-corrected chi connectivity index (χ4v) is 2.50. The first-order valence-electron chi connectivity index (χ1n) is 7.34. The highest BCUT2D eigenvalue weighted by molar-refractivity contribution is 5.95. The highest BCUT2D eigenvalue weighted by Gasteiger charge is 2.20. The van der Waals surface area contributed by atoms with E-state index in [0.717, 1.165) is 10.9 Å². The SMILES string of the molecule is COC(=O)c1cc(COC(=O)c2oc3ccccc3c2C)oc1C. The first kappa shape index (κ1) is 15.9. The van der Waals surface area contributed by atoms with Crippen molar-refractivity contribution in [1.82, 2.24) is 0 Å². The highest BCUT2D eigenvalue weighted by atomic mass is 16.6. The monoisotopic (exact) mass is 328 g/mol. The van der Waals surface area contributed by atoms with Crippen LogP contribution in [0.2, 0.25) is 0 Å². The summed E-state index contributed by atoms with van der Waals surface area (Å²) >= 11 is 0. The molecule has 0 aliphatic rings. The molecule has 0 amide bonds. The van der Waals surface area contributed by atoms with Crippen molar-refractivity contribution >= 4 is 22.9 Å². The topological polar surface area (TPSA) is 78.9 Å². The van der Waals surface area contributed by atoms with Gasteiger partial charge in [-0.2, -0.15) is 0 Å². The molecule has 1 aromatic carbocycles. The second kappa shape index (κ2) is 6.23. The lowest BCUT2D eigenvalue weighted by Gasteiger charge is -2.00. The molecule has 3 aromatic rings. The van der Waals surface area contributed by atoms with Gasteiger partial charge in [0.25, 0.3) is 0 Å². The van der Waals surface area contributed by atoms with Gasteiger partial charge < -0.3 is 18.3 Å². The standard InChI is InChI=1S/C18H16O6/c1-10-13-6-4-5-7-15(13)24-16(10)18(20)22-9-12-8-14(11(2)23-12)17(19)21-3/h4-8H,9H2,1-3H3. The van der Waals surface area contributed by atoms with Crippen molar-refractivity contribution in [2.75, 3.05) is 7.11 Å². The van der Waals surface area contributed by atoms with Crippen LogP contribution in [0.1, 0.15) is 38.0 Å². The van der Waals surface area contributed by atoms with Crippen LogP contribution in [-0.2, 0) is 16.1 Å². The molecule has 2 heterocycles. The number of hydrogen-bond donors (Lipinski definition) is 0. The Hall–Kier alpha value is -3.02. The van der Waals surface area contributed by atoms with E-state index < -0.39 is 11.9 Å². The van der Waals surface area contributed by atoms with Crippen LogP contribution in [0.15, 0.2) is 39.2 Å². The van der Waals surface area contributed by atoms with Crippen LogP contribution in [0.4, 0.5) is 0 Å². The molecule has 124 valence electrons. The predicted molar refractivity (Wildman–Crippen MR) is 84.9 cm³/mol. The van der Waals surface area contributed by atoms with Gasteiger partial charge in [0, 0.05) is 10.9 Å². The van der Waals surface area contributed by atoms with Gasteiger partial charge in [-0.15, -0.1) is 0 Å². The zero-order chi connectivity index (χ0) is 17.3. The molecule has 6 heteroatoms. The summed E-state index contributed by atoms with van der Waals surface area (Å²) in [7, 11) is 1.29. The Morgan fingerprint density at radius 2 is 1.83 bits per heavy atom. The number of aryl methyl sites for hydroxylation is 2. The third kappa shape index (κ3) is 2.78. The van der Waals surface area contributed by atoms with E-state index in [-0.39, 0.29) is 12.4 Å². The van der Waals surface area contributed by atoms with Gasteiger partial charge in [-0.1, -0.05) is 18.2 Å². The molecule has 24 heavy (non-hydrogen) atoms. The van der Waals surface area contributed by atoms with Crippen molar-refractivity contribution < 1.29 is 27.9 Å². The van der Waals surface area contributed by atoms with Crippen LogP contribution < -0.4 is 0 Å². The molecule has 0 spiro atoms. The average molecular weight is 328 g/mol. The van der Waals surface area contributed by atoms with Gasteiger partial charge >= 0.3 is 11.9 Å². The van der Waals surface area contributed by atoms with Crippen molar-refractivity contribution in [2.24, 2.45) is 0 Å². The number of para-hydroxylation sites is 1. The summed E-state index contributed by atoms with van der Waals surface area (Å²) in [6, 6.07) is 8.88. The van der Waals surface area contributed by atoms with Gasteiger partial charge in [-0.05, 0) is 26.0 Å². The molecule has 0 aliphatic carbocycles. The number of furan rings is 2. The van der Waals surface area contributed by atoms with Gasteiger partial charge in [-0.25, -0.2) is 9.59 Å². The van der Waals surface area contributed by atoms with Gasteiger partial charge in [0.1, 0.15) is 29.3 Å². The third-order valence-corrected chi connectivity index (χ3v) is 3.75. The van der Waals surface area contributed by atoms with E-state index in [1.54, 1.807) is 19.9 Å². The molecule has 0 fully saturated rings. The minimum absolute atomic E-state index is 0.104. The summed E-state index contributed by atoms with van der Waals surface area (Å²) in [5.41, 5.74) is 1.66. The lowest BCUT2D eigenvalue weighted by atomic mass is 10.1. The zero-order valence-electron chi connectivity index (χ0n) is 13.5. The van der Waals surface area contributed by atoms with E-state index >= 15 is 0 Å². The fraction of sp³-hybridized carbons (Fsp3) is 0.222. The first-order valence-corrected chi connectivity index (χ1v) is 7.34. The van der Waals surface area contributed by atoms with Crippen molar-refractivity contribution in [1.29, 1.82) is 0 Å². The zero-order valence-corrected chi connectivity index (χ0v) is 13.5. The number of methoxy groups -OCH3 is 1. The molecule has 0 atom stereocenters. The Morgan fingerprint density at radius 1 is 1.08 bits per heavy atom. The molecule has 0 aliphatic heterocycles. The van der Waals surface area contributed by atoms with Crippen LogP contribution in [0.25, 0.3) is 11.0 Å². The quantitative estimate of drug-likeness (QED) is 0.678. The van der Waals surface area contributed by atoms with Gasteiger partial charge in [0.05, 0.1) is 7.11 Å². The molecule has 0 unspecified atom stereocenters. The largest absolute Gasteiger partial charge is 0.465 e. The van der Waals surface area contributed by atoms with Crippen LogP contribution >= 0.6 is 0 Å². The maximum Gasteiger partial charge on any atom is 0.375 e. The highest BCUT2D eigenvalue weighted by Crippen LogP contribution is 2.26. The van der Waals surface area contributed by atoms with Crippen LogP contribution in [-0.4, -0.2) is 19.0 Å².